The number of phosphoric ester groups is 1. The third-order valence-electron chi connectivity index (χ3n) is 11.2. The molecule has 3 unspecified atom stereocenters. The molecule has 0 spiro atoms. The Morgan fingerprint density at radius 3 is 1.53 bits per heavy atom. The SMILES string of the molecule is CC/C=C\C/C=C\C/C=C\C/C=C\C/C=C\C/C=C\CCC(=O)NC(COP(=O)(O)OCC[N+](C)(C)C)C(/C=C\CCCCCCCCCCCC)OC(=O)CCCCCCC\C=C/C=C/C=C/CC. The fraction of sp³-hybridized carbons (Fsp3) is 0.633. The summed E-state index contributed by atoms with van der Waals surface area (Å²) in [6.07, 6.45) is 67.9. The van der Waals surface area contributed by atoms with Crippen LogP contribution in [-0.2, 0) is 27.9 Å². The van der Waals surface area contributed by atoms with Crippen molar-refractivity contribution in [2.75, 3.05) is 40.9 Å². The number of phosphoric acid groups is 1. The van der Waals surface area contributed by atoms with Crippen molar-refractivity contribution in [1.82, 2.24) is 5.32 Å². The second kappa shape index (κ2) is 49.0. The minimum absolute atomic E-state index is 0.0163. The zero-order valence-corrected chi connectivity index (χ0v) is 46.1. The normalized spacial score (nSPS) is 14.8. The second-order valence-electron chi connectivity index (χ2n) is 19.0. The van der Waals surface area contributed by atoms with E-state index in [0.717, 1.165) is 96.3 Å². The maximum Gasteiger partial charge on any atom is 0.472 e. The van der Waals surface area contributed by atoms with Crippen molar-refractivity contribution in [3.05, 3.63) is 122 Å². The van der Waals surface area contributed by atoms with Crippen LogP contribution in [0.15, 0.2) is 122 Å². The molecule has 0 aromatic rings. The molecule has 0 aliphatic rings. The molecular weight excluding hydrogens is 892 g/mol. The van der Waals surface area contributed by atoms with Gasteiger partial charge in [-0.05, 0) is 89.5 Å². The lowest BCUT2D eigenvalue weighted by atomic mass is 10.1. The average Bonchev–Trinajstić information content (AvgIpc) is 3.32. The Kier molecular flexibility index (Phi) is 46.5. The van der Waals surface area contributed by atoms with Crippen molar-refractivity contribution in [2.24, 2.45) is 0 Å². The van der Waals surface area contributed by atoms with Gasteiger partial charge in [0.25, 0.3) is 0 Å². The second-order valence-corrected chi connectivity index (χ2v) is 20.5. The van der Waals surface area contributed by atoms with Crippen LogP contribution in [0.2, 0.25) is 0 Å². The number of rotatable bonds is 47. The van der Waals surface area contributed by atoms with Gasteiger partial charge in [0, 0.05) is 12.8 Å². The Bertz CT molecular complexity index is 1610. The van der Waals surface area contributed by atoms with Crippen molar-refractivity contribution in [3.63, 3.8) is 0 Å². The largest absolute Gasteiger partial charge is 0.472 e. The molecule has 0 rings (SSSR count). The topological polar surface area (TPSA) is 111 Å². The van der Waals surface area contributed by atoms with Crippen LogP contribution in [0.25, 0.3) is 0 Å². The predicted octanol–water partition coefficient (Wildman–Crippen LogP) is 16.4. The van der Waals surface area contributed by atoms with E-state index in [1.165, 1.54) is 51.4 Å². The van der Waals surface area contributed by atoms with Crippen LogP contribution in [0.1, 0.15) is 194 Å². The van der Waals surface area contributed by atoms with Gasteiger partial charge in [0.1, 0.15) is 19.3 Å². The number of nitrogens with one attached hydrogen (secondary N) is 1. The number of quaternary nitrogens is 1. The molecule has 0 aromatic heterocycles. The van der Waals surface area contributed by atoms with E-state index in [9.17, 15) is 19.0 Å². The Morgan fingerprint density at radius 2 is 1.00 bits per heavy atom. The standard InChI is InChI=1S/C60H101N2O7P/c1-7-10-13-16-19-22-25-28-29-30-31-32-33-35-37-40-43-46-49-52-59(63)61-57(56-68-70(65,66)67-55-54-62(4,5)6)58(51-48-45-42-39-36-27-24-21-18-15-12-9-3)69-60(64)53-50-47-44-41-38-34-26-23-20-17-14-11-8-2/h10-11,13-14,17,19-20,22-23,26,28-29,31-32,35,37,43,46,48,51,57-58H,7-9,12,15-16,18,21,24-25,27,30,33-34,36,38-42,44-45,47,49-50,52-56H2,1-6H3,(H-,61,63,65,66)/p+1/b13-10-,14-11+,20-17+,22-19-,26-23-,29-28-,32-31-,37-35-,46-43-,51-48-. The Hall–Kier alpha value is -3.59. The zero-order chi connectivity index (χ0) is 51.5. The smallest absolute Gasteiger partial charge is 0.456 e. The van der Waals surface area contributed by atoms with Gasteiger partial charge in [-0.3, -0.25) is 18.6 Å². The number of allylic oxidation sites excluding steroid dienone is 19. The number of ether oxygens (including phenoxy) is 1. The molecule has 0 fully saturated rings. The molecule has 3 atom stereocenters. The summed E-state index contributed by atoms with van der Waals surface area (Å²) in [7, 11) is 1.42. The van der Waals surface area contributed by atoms with Gasteiger partial charge in [-0.25, -0.2) is 4.57 Å². The highest BCUT2D eigenvalue weighted by Gasteiger charge is 2.30. The van der Waals surface area contributed by atoms with Crippen LogP contribution in [0, 0.1) is 0 Å². The molecule has 2 N–H and O–H groups in total. The lowest BCUT2D eigenvalue weighted by molar-refractivity contribution is -0.870. The van der Waals surface area contributed by atoms with Crippen LogP contribution in [0.3, 0.4) is 0 Å². The summed E-state index contributed by atoms with van der Waals surface area (Å²) < 4.78 is 30.5. The van der Waals surface area contributed by atoms with Gasteiger partial charge in [-0.1, -0.05) is 213 Å². The molecule has 10 heteroatoms. The molecule has 1 amide bonds. The third-order valence-corrected chi connectivity index (χ3v) is 12.2. The molecule has 398 valence electrons. The summed E-state index contributed by atoms with van der Waals surface area (Å²) in [6, 6.07) is -0.904. The summed E-state index contributed by atoms with van der Waals surface area (Å²) in [5, 5.41) is 2.98. The van der Waals surface area contributed by atoms with E-state index in [1.54, 1.807) is 0 Å². The molecule has 0 radical (unpaired) electrons. The first-order valence-electron chi connectivity index (χ1n) is 27.4. The van der Waals surface area contributed by atoms with E-state index in [1.807, 2.05) is 51.5 Å². The number of unbranched alkanes of at least 4 members (excludes halogenated alkanes) is 15. The number of hydrogen-bond acceptors (Lipinski definition) is 6. The summed E-state index contributed by atoms with van der Waals surface area (Å²) in [6.45, 7) is 6.65. The fourth-order valence-corrected chi connectivity index (χ4v) is 7.76. The van der Waals surface area contributed by atoms with Gasteiger partial charge in [-0.2, -0.15) is 0 Å². The van der Waals surface area contributed by atoms with Gasteiger partial charge < -0.3 is 19.4 Å². The van der Waals surface area contributed by atoms with Gasteiger partial charge in [0.05, 0.1) is 33.8 Å². The van der Waals surface area contributed by atoms with E-state index >= 15 is 0 Å². The lowest BCUT2D eigenvalue weighted by Gasteiger charge is -2.27. The number of nitrogens with zero attached hydrogens (tertiary/aromatic N) is 1. The molecule has 0 saturated carbocycles. The number of likely N-dealkylation sites (N-methyl/N-ethyl adjacent to an activating group) is 1. The molecule has 0 aliphatic carbocycles. The molecule has 70 heavy (non-hydrogen) atoms. The van der Waals surface area contributed by atoms with Gasteiger partial charge >= 0.3 is 13.8 Å². The summed E-state index contributed by atoms with van der Waals surface area (Å²) in [5.74, 6) is -0.640. The summed E-state index contributed by atoms with van der Waals surface area (Å²) >= 11 is 0. The highest BCUT2D eigenvalue weighted by molar-refractivity contribution is 7.47. The number of esters is 1. The highest BCUT2D eigenvalue weighted by atomic mass is 31.2. The molecular formula is C60H102N2O7P+. The minimum atomic E-state index is -4.47. The first-order valence-corrected chi connectivity index (χ1v) is 28.9. The molecule has 0 aromatic carbocycles. The maximum absolute atomic E-state index is 13.4. The van der Waals surface area contributed by atoms with E-state index in [-0.39, 0.29) is 37.9 Å². The molecule has 0 heterocycles. The number of amides is 1. The molecule has 9 nitrogen and oxygen atoms in total. The molecule has 0 bridgehead atoms. The summed E-state index contributed by atoms with van der Waals surface area (Å²) in [4.78, 5) is 37.5. The average molecular weight is 994 g/mol. The Labute approximate surface area is 429 Å². The minimum Gasteiger partial charge on any atom is -0.456 e. The van der Waals surface area contributed by atoms with E-state index in [4.69, 9.17) is 13.8 Å². The Balaban J connectivity index is 5.54. The van der Waals surface area contributed by atoms with E-state index in [0.29, 0.717) is 23.9 Å². The van der Waals surface area contributed by atoms with Gasteiger partial charge in [-0.15, -0.1) is 0 Å². The van der Waals surface area contributed by atoms with Crippen LogP contribution in [-0.4, -0.2) is 74.3 Å². The van der Waals surface area contributed by atoms with Gasteiger partial charge in [0.15, 0.2) is 0 Å². The predicted molar refractivity (Wildman–Crippen MR) is 300 cm³/mol. The number of hydrogen-bond donors (Lipinski definition) is 2. The highest BCUT2D eigenvalue weighted by Crippen LogP contribution is 2.43. The van der Waals surface area contributed by atoms with Crippen molar-refractivity contribution in [3.8, 4) is 0 Å². The first-order chi connectivity index (χ1) is 33.9. The lowest BCUT2D eigenvalue weighted by Crippen LogP contribution is -2.47. The van der Waals surface area contributed by atoms with Crippen LogP contribution < -0.4 is 5.32 Å². The quantitative estimate of drug-likeness (QED) is 0.0156. The molecule has 0 saturated heterocycles. The van der Waals surface area contributed by atoms with Crippen LogP contribution in [0.5, 0.6) is 0 Å². The number of carbonyl (C=O) groups is 2. The maximum atomic E-state index is 13.4. The van der Waals surface area contributed by atoms with Crippen molar-refractivity contribution in [1.29, 1.82) is 0 Å². The zero-order valence-electron chi connectivity index (χ0n) is 45.2. The van der Waals surface area contributed by atoms with Crippen LogP contribution in [0.4, 0.5) is 0 Å². The van der Waals surface area contributed by atoms with E-state index < -0.39 is 20.0 Å². The monoisotopic (exact) mass is 994 g/mol. The fourth-order valence-electron chi connectivity index (χ4n) is 7.02. The van der Waals surface area contributed by atoms with Crippen molar-refractivity contribution < 1.29 is 37.3 Å². The van der Waals surface area contributed by atoms with Crippen molar-refractivity contribution >= 4 is 19.7 Å². The number of carbonyl (C=O) groups excluding carboxylic acids is 2. The Morgan fingerprint density at radius 1 is 0.529 bits per heavy atom. The first kappa shape index (κ1) is 66.4. The third kappa shape index (κ3) is 49.4. The van der Waals surface area contributed by atoms with E-state index in [2.05, 4.69) is 117 Å². The van der Waals surface area contributed by atoms with Crippen LogP contribution >= 0.6 is 7.82 Å². The van der Waals surface area contributed by atoms with Crippen molar-refractivity contribution in [2.45, 2.75) is 206 Å². The molecule has 0 aliphatic heterocycles. The summed E-state index contributed by atoms with van der Waals surface area (Å²) in [5.41, 5.74) is 0. The van der Waals surface area contributed by atoms with Gasteiger partial charge in [0.2, 0.25) is 5.91 Å².